The smallest absolute Gasteiger partial charge is 0.253 e. The highest BCUT2D eigenvalue weighted by Crippen LogP contribution is 2.30. The zero-order valence-corrected chi connectivity index (χ0v) is 13.2. The maximum Gasteiger partial charge on any atom is 0.253 e. The Hall–Kier alpha value is -2.40. The SMILES string of the molecule is CC1(CN)CCN(C(=O)c2ccc(Oc3cccnc3)cc2)C1. The van der Waals surface area contributed by atoms with Gasteiger partial charge in [-0.3, -0.25) is 9.78 Å². The molecule has 0 saturated carbocycles. The van der Waals surface area contributed by atoms with Crippen LogP contribution in [0.4, 0.5) is 0 Å². The predicted molar refractivity (Wildman–Crippen MR) is 88.4 cm³/mol. The van der Waals surface area contributed by atoms with Crippen LogP contribution < -0.4 is 10.5 Å². The lowest BCUT2D eigenvalue weighted by molar-refractivity contribution is 0.0777. The Balaban J connectivity index is 1.66. The van der Waals surface area contributed by atoms with Crippen molar-refractivity contribution >= 4 is 5.91 Å². The first-order valence-electron chi connectivity index (χ1n) is 7.77. The van der Waals surface area contributed by atoms with Crippen molar-refractivity contribution in [2.45, 2.75) is 13.3 Å². The number of amides is 1. The molecule has 0 bridgehead atoms. The van der Waals surface area contributed by atoms with Crippen molar-refractivity contribution in [3.8, 4) is 11.5 Å². The number of aromatic nitrogens is 1. The van der Waals surface area contributed by atoms with E-state index in [9.17, 15) is 4.79 Å². The van der Waals surface area contributed by atoms with Crippen molar-refractivity contribution in [3.05, 3.63) is 54.4 Å². The van der Waals surface area contributed by atoms with E-state index in [4.69, 9.17) is 10.5 Å². The van der Waals surface area contributed by atoms with Gasteiger partial charge in [-0.1, -0.05) is 6.92 Å². The molecule has 3 rings (SSSR count). The van der Waals surface area contributed by atoms with Crippen molar-refractivity contribution < 1.29 is 9.53 Å². The first-order valence-corrected chi connectivity index (χ1v) is 7.77. The highest BCUT2D eigenvalue weighted by molar-refractivity contribution is 5.94. The second-order valence-electron chi connectivity index (χ2n) is 6.31. The molecule has 2 aromatic rings. The average molecular weight is 311 g/mol. The zero-order valence-electron chi connectivity index (χ0n) is 13.2. The fourth-order valence-electron chi connectivity index (χ4n) is 2.76. The summed E-state index contributed by atoms with van der Waals surface area (Å²) in [5.74, 6) is 1.41. The van der Waals surface area contributed by atoms with Crippen LogP contribution >= 0.6 is 0 Å². The highest BCUT2D eigenvalue weighted by atomic mass is 16.5. The number of hydrogen-bond donors (Lipinski definition) is 1. The van der Waals surface area contributed by atoms with Crippen LogP contribution in [0, 0.1) is 5.41 Å². The minimum absolute atomic E-state index is 0.0407. The number of nitrogens with two attached hydrogens (primary N) is 1. The lowest BCUT2D eigenvalue weighted by Crippen LogP contribution is -2.34. The monoisotopic (exact) mass is 311 g/mol. The summed E-state index contributed by atoms with van der Waals surface area (Å²) in [7, 11) is 0. The van der Waals surface area contributed by atoms with Gasteiger partial charge in [-0.2, -0.15) is 0 Å². The van der Waals surface area contributed by atoms with Crippen molar-refractivity contribution in [2.24, 2.45) is 11.1 Å². The van der Waals surface area contributed by atoms with E-state index in [-0.39, 0.29) is 11.3 Å². The molecule has 0 radical (unpaired) electrons. The Morgan fingerprint density at radius 2 is 2.09 bits per heavy atom. The van der Waals surface area contributed by atoms with E-state index >= 15 is 0 Å². The van der Waals surface area contributed by atoms with Gasteiger partial charge in [0.05, 0.1) is 6.20 Å². The van der Waals surface area contributed by atoms with Gasteiger partial charge >= 0.3 is 0 Å². The number of benzene rings is 1. The Bertz CT molecular complexity index is 672. The first-order chi connectivity index (χ1) is 11.1. The van der Waals surface area contributed by atoms with Gasteiger partial charge in [-0.25, -0.2) is 0 Å². The molecule has 0 spiro atoms. The fraction of sp³-hybridized carbons (Fsp3) is 0.333. The van der Waals surface area contributed by atoms with Crippen molar-refractivity contribution in [1.29, 1.82) is 0 Å². The van der Waals surface area contributed by atoms with Gasteiger partial charge in [0.25, 0.3) is 5.91 Å². The van der Waals surface area contributed by atoms with Crippen LogP contribution in [0.25, 0.3) is 0 Å². The molecule has 0 aliphatic carbocycles. The van der Waals surface area contributed by atoms with Crippen LogP contribution in [0.15, 0.2) is 48.8 Å². The third-order valence-corrected chi connectivity index (χ3v) is 4.31. The molecule has 5 nitrogen and oxygen atoms in total. The minimum atomic E-state index is 0.0407. The van der Waals surface area contributed by atoms with E-state index in [0.29, 0.717) is 23.6 Å². The second kappa shape index (κ2) is 6.38. The number of pyridine rings is 1. The topological polar surface area (TPSA) is 68.5 Å². The van der Waals surface area contributed by atoms with Crippen LogP contribution in [0.5, 0.6) is 11.5 Å². The van der Waals surface area contributed by atoms with Crippen LogP contribution in [-0.4, -0.2) is 35.4 Å². The molecule has 5 heteroatoms. The van der Waals surface area contributed by atoms with E-state index < -0.39 is 0 Å². The summed E-state index contributed by atoms with van der Waals surface area (Å²) in [6.45, 7) is 4.22. The lowest BCUT2D eigenvalue weighted by Gasteiger charge is -2.22. The molecule has 1 atom stereocenters. The molecule has 1 unspecified atom stereocenters. The molecule has 1 saturated heterocycles. The normalized spacial score (nSPS) is 20.5. The van der Waals surface area contributed by atoms with Gasteiger partial charge in [-0.15, -0.1) is 0 Å². The Labute approximate surface area is 136 Å². The first kappa shape index (κ1) is 15.5. The molecule has 1 aliphatic rings. The molecule has 1 fully saturated rings. The third kappa shape index (κ3) is 3.51. The fourth-order valence-corrected chi connectivity index (χ4v) is 2.76. The van der Waals surface area contributed by atoms with Crippen molar-refractivity contribution in [1.82, 2.24) is 9.88 Å². The van der Waals surface area contributed by atoms with Gasteiger partial charge in [-0.05, 0) is 54.8 Å². The summed E-state index contributed by atoms with van der Waals surface area (Å²) in [6.07, 6.45) is 4.30. The summed E-state index contributed by atoms with van der Waals surface area (Å²) < 4.78 is 5.69. The Kier molecular flexibility index (Phi) is 4.30. The van der Waals surface area contributed by atoms with Crippen molar-refractivity contribution in [3.63, 3.8) is 0 Å². The number of carbonyl (C=O) groups is 1. The van der Waals surface area contributed by atoms with Crippen LogP contribution in [0.1, 0.15) is 23.7 Å². The maximum atomic E-state index is 12.6. The summed E-state index contributed by atoms with van der Waals surface area (Å²) >= 11 is 0. The minimum Gasteiger partial charge on any atom is -0.456 e. The number of ether oxygens (including phenoxy) is 1. The molecule has 1 amide bonds. The summed E-state index contributed by atoms with van der Waals surface area (Å²) in [6, 6.07) is 10.9. The third-order valence-electron chi connectivity index (χ3n) is 4.31. The van der Waals surface area contributed by atoms with Gasteiger partial charge in [0, 0.05) is 24.8 Å². The average Bonchev–Trinajstić information content (AvgIpc) is 2.99. The maximum absolute atomic E-state index is 12.6. The largest absolute Gasteiger partial charge is 0.456 e. The van der Waals surface area contributed by atoms with Crippen LogP contribution in [-0.2, 0) is 0 Å². The second-order valence-corrected chi connectivity index (χ2v) is 6.31. The van der Waals surface area contributed by atoms with E-state index in [1.54, 1.807) is 36.7 Å². The molecule has 1 aliphatic heterocycles. The lowest BCUT2D eigenvalue weighted by atomic mass is 9.90. The van der Waals surface area contributed by atoms with E-state index in [0.717, 1.165) is 19.5 Å². The molecule has 1 aromatic heterocycles. The van der Waals surface area contributed by atoms with Gasteiger partial charge < -0.3 is 15.4 Å². The predicted octanol–water partition coefficient (Wildman–Crippen LogP) is 2.68. The summed E-state index contributed by atoms with van der Waals surface area (Å²) in [4.78, 5) is 18.4. The van der Waals surface area contributed by atoms with Gasteiger partial charge in [0.2, 0.25) is 0 Å². The Morgan fingerprint density at radius 1 is 1.30 bits per heavy atom. The molecule has 23 heavy (non-hydrogen) atoms. The van der Waals surface area contributed by atoms with Crippen LogP contribution in [0.3, 0.4) is 0 Å². The summed E-state index contributed by atoms with van der Waals surface area (Å²) in [5.41, 5.74) is 6.51. The quantitative estimate of drug-likeness (QED) is 0.942. The van der Waals surface area contributed by atoms with Crippen LogP contribution in [0.2, 0.25) is 0 Å². The molecule has 1 aromatic carbocycles. The molecule has 2 heterocycles. The molecular weight excluding hydrogens is 290 g/mol. The van der Waals surface area contributed by atoms with Gasteiger partial charge in [0.15, 0.2) is 0 Å². The molecule has 120 valence electrons. The zero-order chi connectivity index (χ0) is 16.3. The van der Waals surface area contributed by atoms with Crippen molar-refractivity contribution in [2.75, 3.05) is 19.6 Å². The number of rotatable bonds is 4. The number of likely N-dealkylation sites (tertiary alicyclic amines) is 1. The standard InChI is InChI=1S/C18H21N3O2/c1-18(12-19)8-10-21(13-18)17(22)14-4-6-15(7-5-14)23-16-3-2-9-20-11-16/h2-7,9,11H,8,10,12-13,19H2,1H3. The molecular formula is C18H21N3O2. The molecule has 2 N–H and O–H groups in total. The number of nitrogens with zero attached hydrogens (tertiary/aromatic N) is 2. The van der Waals surface area contributed by atoms with E-state index in [1.807, 2.05) is 17.0 Å². The van der Waals surface area contributed by atoms with E-state index in [2.05, 4.69) is 11.9 Å². The Morgan fingerprint density at radius 3 is 2.70 bits per heavy atom. The van der Waals surface area contributed by atoms with Gasteiger partial charge in [0.1, 0.15) is 11.5 Å². The van der Waals surface area contributed by atoms with E-state index in [1.165, 1.54) is 0 Å². The highest BCUT2D eigenvalue weighted by Gasteiger charge is 2.35. The number of hydrogen-bond acceptors (Lipinski definition) is 4. The summed E-state index contributed by atoms with van der Waals surface area (Å²) in [5, 5.41) is 0. The number of carbonyl (C=O) groups excluding carboxylic acids is 1.